The largest absolute Gasteiger partial charge is 0.372 e. The molecule has 150 valence electrons. The number of nitro benzene ring substituents is 1. The maximum atomic E-state index is 12.5. The Bertz CT molecular complexity index is 1000. The highest BCUT2D eigenvalue weighted by molar-refractivity contribution is 8.18. The van der Waals surface area contributed by atoms with E-state index in [2.05, 4.69) is 9.89 Å². The van der Waals surface area contributed by atoms with Crippen LogP contribution in [0.3, 0.4) is 0 Å². The Morgan fingerprint density at radius 3 is 2.55 bits per heavy atom. The number of carbonyl (C=O) groups is 1. The third kappa shape index (κ3) is 4.10. The lowest BCUT2D eigenvalue weighted by Gasteiger charge is -2.35. The first-order chi connectivity index (χ1) is 13.9. The van der Waals surface area contributed by atoms with Crippen LogP contribution >= 0.6 is 11.8 Å². The number of nitrogens with zero attached hydrogens (tertiary/aromatic N) is 4. The minimum Gasteiger partial charge on any atom is -0.372 e. The minimum atomic E-state index is -0.428. The van der Waals surface area contributed by atoms with Gasteiger partial charge in [0.2, 0.25) is 0 Å². The van der Waals surface area contributed by atoms with Crippen molar-refractivity contribution < 1.29 is 14.5 Å². The molecule has 0 N–H and O–H groups in total. The topological polar surface area (TPSA) is 90.0 Å². The molecule has 1 aromatic heterocycles. The fourth-order valence-corrected chi connectivity index (χ4v) is 4.40. The van der Waals surface area contributed by atoms with E-state index < -0.39 is 4.92 Å². The van der Waals surface area contributed by atoms with Crippen LogP contribution in [0.2, 0.25) is 0 Å². The second-order valence-electron chi connectivity index (χ2n) is 7.05. The number of nitro groups is 1. The molecule has 0 saturated carbocycles. The molecule has 2 aliphatic rings. The first-order valence-electron chi connectivity index (χ1n) is 9.26. The molecule has 4 rings (SSSR count). The van der Waals surface area contributed by atoms with Crippen molar-refractivity contribution in [2.45, 2.75) is 26.1 Å². The molecule has 29 heavy (non-hydrogen) atoms. The molecule has 1 aromatic carbocycles. The van der Waals surface area contributed by atoms with Gasteiger partial charge in [-0.25, -0.2) is 0 Å². The third-order valence-corrected chi connectivity index (χ3v) is 5.74. The molecule has 1 fully saturated rings. The highest BCUT2D eigenvalue weighted by Crippen LogP contribution is 2.32. The SMILES string of the molecule is CC1CN(C2=NC(=O)C(=Cc3cccn3-c3ccc([N+](=O)[O-])cc3)S2)CC(C)O1. The van der Waals surface area contributed by atoms with E-state index in [1.165, 1.54) is 23.9 Å². The number of morpholine rings is 1. The normalized spacial score (nSPS) is 23.5. The smallest absolute Gasteiger partial charge is 0.286 e. The first-order valence-corrected chi connectivity index (χ1v) is 10.1. The van der Waals surface area contributed by atoms with Crippen LogP contribution in [0.4, 0.5) is 5.69 Å². The molecule has 0 radical (unpaired) electrons. The number of hydrogen-bond donors (Lipinski definition) is 0. The van der Waals surface area contributed by atoms with Gasteiger partial charge in [0.05, 0.1) is 22.0 Å². The minimum absolute atomic E-state index is 0.0364. The second-order valence-corrected chi connectivity index (χ2v) is 8.06. The Morgan fingerprint density at radius 1 is 1.21 bits per heavy atom. The van der Waals surface area contributed by atoms with Gasteiger partial charge in [0, 0.05) is 42.8 Å². The lowest BCUT2D eigenvalue weighted by molar-refractivity contribution is -0.384. The zero-order chi connectivity index (χ0) is 20.5. The second kappa shape index (κ2) is 7.84. The fraction of sp³-hybridized carbons (Fsp3) is 0.300. The van der Waals surface area contributed by atoms with E-state index in [1.54, 1.807) is 18.2 Å². The Labute approximate surface area is 172 Å². The van der Waals surface area contributed by atoms with Crippen molar-refractivity contribution in [1.29, 1.82) is 0 Å². The van der Waals surface area contributed by atoms with E-state index >= 15 is 0 Å². The molecule has 1 saturated heterocycles. The molecule has 0 bridgehead atoms. The summed E-state index contributed by atoms with van der Waals surface area (Å²) in [6.07, 6.45) is 3.83. The van der Waals surface area contributed by atoms with Crippen LogP contribution in [0.1, 0.15) is 19.5 Å². The monoisotopic (exact) mass is 412 g/mol. The average molecular weight is 412 g/mol. The zero-order valence-electron chi connectivity index (χ0n) is 16.0. The van der Waals surface area contributed by atoms with Crippen LogP contribution in [0.15, 0.2) is 52.5 Å². The van der Waals surface area contributed by atoms with Crippen LogP contribution in [-0.4, -0.2) is 50.8 Å². The number of carbonyl (C=O) groups excluding carboxylic acids is 1. The molecule has 2 aliphatic heterocycles. The number of hydrogen-bond acceptors (Lipinski definition) is 6. The number of amidine groups is 1. The Balaban J connectivity index is 1.55. The number of thioether (sulfide) groups is 1. The maximum Gasteiger partial charge on any atom is 0.286 e. The molecule has 2 unspecified atom stereocenters. The van der Waals surface area contributed by atoms with E-state index in [1.807, 2.05) is 36.7 Å². The molecule has 1 amide bonds. The molecular formula is C20H20N4O4S. The van der Waals surface area contributed by atoms with Gasteiger partial charge in [0.15, 0.2) is 5.17 Å². The van der Waals surface area contributed by atoms with Crippen LogP contribution in [0, 0.1) is 10.1 Å². The molecule has 2 aromatic rings. The summed E-state index contributed by atoms with van der Waals surface area (Å²) < 4.78 is 7.63. The van der Waals surface area contributed by atoms with E-state index in [0.29, 0.717) is 23.2 Å². The summed E-state index contributed by atoms with van der Waals surface area (Å²) in [6, 6.07) is 10.0. The molecular weight excluding hydrogens is 392 g/mol. The molecule has 8 nitrogen and oxygen atoms in total. The van der Waals surface area contributed by atoms with E-state index in [-0.39, 0.29) is 23.8 Å². The summed E-state index contributed by atoms with van der Waals surface area (Å²) in [7, 11) is 0. The number of benzene rings is 1. The summed E-state index contributed by atoms with van der Waals surface area (Å²) in [6.45, 7) is 5.43. The predicted octanol–water partition coefficient (Wildman–Crippen LogP) is 3.47. The van der Waals surface area contributed by atoms with Gasteiger partial charge in [-0.3, -0.25) is 14.9 Å². The summed E-state index contributed by atoms with van der Waals surface area (Å²) in [5.41, 5.74) is 1.61. The summed E-state index contributed by atoms with van der Waals surface area (Å²) in [4.78, 5) is 29.8. The fourth-order valence-electron chi connectivity index (χ4n) is 3.48. The lowest BCUT2D eigenvalue weighted by Crippen LogP contribution is -2.47. The summed E-state index contributed by atoms with van der Waals surface area (Å²) in [5, 5.41) is 11.6. The molecule has 3 heterocycles. The van der Waals surface area contributed by atoms with Gasteiger partial charge in [0.25, 0.3) is 11.6 Å². The maximum absolute atomic E-state index is 12.5. The predicted molar refractivity (Wildman–Crippen MR) is 112 cm³/mol. The lowest BCUT2D eigenvalue weighted by atomic mass is 10.2. The Hall–Kier alpha value is -2.91. The van der Waals surface area contributed by atoms with Gasteiger partial charge in [0.1, 0.15) is 0 Å². The van der Waals surface area contributed by atoms with Crippen LogP contribution in [0.5, 0.6) is 0 Å². The third-order valence-electron chi connectivity index (χ3n) is 4.70. The van der Waals surface area contributed by atoms with E-state index in [4.69, 9.17) is 4.74 Å². The number of aromatic nitrogens is 1. The van der Waals surface area contributed by atoms with Crippen molar-refractivity contribution in [2.24, 2.45) is 4.99 Å². The van der Waals surface area contributed by atoms with Crippen LogP contribution in [0.25, 0.3) is 11.8 Å². The number of rotatable bonds is 3. The number of ether oxygens (including phenoxy) is 1. The van der Waals surface area contributed by atoms with Crippen molar-refractivity contribution in [3.05, 3.63) is 63.3 Å². The Kier molecular flexibility index (Phi) is 5.25. The van der Waals surface area contributed by atoms with Crippen molar-refractivity contribution in [3.63, 3.8) is 0 Å². The van der Waals surface area contributed by atoms with Crippen LogP contribution in [-0.2, 0) is 9.53 Å². The zero-order valence-corrected chi connectivity index (χ0v) is 16.8. The molecule has 9 heteroatoms. The highest BCUT2D eigenvalue weighted by atomic mass is 32.2. The first kappa shape index (κ1) is 19.4. The van der Waals surface area contributed by atoms with Gasteiger partial charge in [-0.15, -0.1) is 0 Å². The van der Waals surface area contributed by atoms with Gasteiger partial charge < -0.3 is 14.2 Å². The van der Waals surface area contributed by atoms with Crippen molar-refractivity contribution in [3.8, 4) is 5.69 Å². The highest BCUT2D eigenvalue weighted by Gasteiger charge is 2.31. The quantitative estimate of drug-likeness (QED) is 0.436. The summed E-state index contributed by atoms with van der Waals surface area (Å²) >= 11 is 1.37. The molecule has 0 aliphatic carbocycles. The van der Waals surface area contributed by atoms with Gasteiger partial charge in [-0.05, 0) is 56.0 Å². The standard InChI is InChI=1S/C20H20N4O4S/c1-13-11-22(12-14(2)28-13)20-21-19(25)18(29-20)10-17-4-3-9-23(17)15-5-7-16(8-6-15)24(26)27/h3-10,13-14H,11-12H2,1-2H3. The van der Waals surface area contributed by atoms with E-state index in [0.717, 1.165) is 11.4 Å². The van der Waals surface area contributed by atoms with Crippen molar-refractivity contribution >= 4 is 34.6 Å². The molecule has 0 spiro atoms. The van der Waals surface area contributed by atoms with Crippen molar-refractivity contribution in [2.75, 3.05) is 13.1 Å². The average Bonchev–Trinajstić information content (AvgIpc) is 3.28. The molecule has 2 atom stereocenters. The summed E-state index contributed by atoms with van der Waals surface area (Å²) in [5.74, 6) is -0.256. The van der Waals surface area contributed by atoms with E-state index in [9.17, 15) is 14.9 Å². The Morgan fingerprint density at radius 2 is 1.90 bits per heavy atom. The number of non-ortho nitro benzene ring substituents is 1. The van der Waals surface area contributed by atoms with Crippen molar-refractivity contribution in [1.82, 2.24) is 9.47 Å². The number of amides is 1. The van der Waals surface area contributed by atoms with Crippen LogP contribution < -0.4 is 0 Å². The number of aliphatic imine (C=N–C) groups is 1. The van der Waals surface area contributed by atoms with Gasteiger partial charge >= 0.3 is 0 Å². The van der Waals surface area contributed by atoms with Gasteiger partial charge in [-0.1, -0.05) is 0 Å². The van der Waals surface area contributed by atoms with Gasteiger partial charge in [-0.2, -0.15) is 4.99 Å².